The number of carbonyl (C=O) groups excluding carboxylic acids is 1. The van der Waals surface area contributed by atoms with E-state index in [0.29, 0.717) is 35.5 Å². The molecule has 28 heavy (non-hydrogen) atoms. The number of hydrogen-bond donors (Lipinski definition) is 3. The van der Waals surface area contributed by atoms with E-state index in [9.17, 15) is 9.18 Å². The third kappa shape index (κ3) is 4.34. The minimum atomic E-state index is -0.433. The highest BCUT2D eigenvalue weighted by molar-refractivity contribution is 5.92. The molecule has 146 valence electrons. The molecule has 0 aliphatic carbocycles. The van der Waals surface area contributed by atoms with E-state index >= 15 is 0 Å². The summed E-state index contributed by atoms with van der Waals surface area (Å²) in [5.74, 6) is 0.557. The first kappa shape index (κ1) is 19.5. The maximum atomic E-state index is 13.5. The Kier molecular flexibility index (Phi) is 6.00. The van der Waals surface area contributed by atoms with Crippen molar-refractivity contribution in [2.75, 3.05) is 12.4 Å². The van der Waals surface area contributed by atoms with E-state index in [1.54, 1.807) is 31.6 Å². The molecule has 0 aliphatic rings. The second kappa shape index (κ2) is 8.62. The molecule has 7 nitrogen and oxygen atoms in total. The number of halogens is 1. The highest BCUT2D eigenvalue weighted by atomic mass is 19.1. The molecule has 1 heterocycles. The van der Waals surface area contributed by atoms with Crippen LogP contribution in [0.4, 0.5) is 15.9 Å². The fourth-order valence-electron chi connectivity index (χ4n) is 2.97. The van der Waals surface area contributed by atoms with Gasteiger partial charge in [-0.1, -0.05) is 0 Å². The maximum absolute atomic E-state index is 13.5. The molecule has 0 fully saturated rings. The molecule has 8 heteroatoms. The molecule has 1 aromatic heterocycles. The number of hydrogen-bond acceptors (Lipinski definition) is 6. The maximum Gasteiger partial charge on any atom is 0.243 e. The van der Waals surface area contributed by atoms with Gasteiger partial charge in [-0.2, -0.15) is 0 Å². The Labute approximate surface area is 161 Å². The molecule has 0 radical (unpaired) electrons. The Morgan fingerprint density at radius 2 is 2.07 bits per heavy atom. The normalized spacial score (nSPS) is 10.7. The molecular weight excluding hydrogens is 363 g/mol. The minimum absolute atomic E-state index is 0.197. The van der Waals surface area contributed by atoms with Gasteiger partial charge in [0.1, 0.15) is 23.7 Å². The first-order valence-corrected chi connectivity index (χ1v) is 8.79. The van der Waals surface area contributed by atoms with E-state index in [1.165, 1.54) is 12.4 Å². The molecule has 3 rings (SSSR count). The molecule has 0 saturated heterocycles. The van der Waals surface area contributed by atoms with Crippen LogP contribution in [0.3, 0.4) is 0 Å². The summed E-state index contributed by atoms with van der Waals surface area (Å²) in [6, 6.07) is 8.50. The van der Waals surface area contributed by atoms with Crippen molar-refractivity contribution in [2.24, 2.45) is 0 Å². The average molecular weight is 384 g/mol. The zero-order valence-electron chi connectivity index (χ0n) is 15.6. The number of aromatic nitrogens is 2. The fraction of sp³-hybridized carbons (Fsp3) is 0.250. The van der Waals surface area contributed by atoms with Crippen molar-refractivity contribution in [3.8, 4) is 5.75 Å². The van der Waals surface area contributed by atoms with Crippen LogP contribution < -0.4 is 15.5 Å². The van der Waals surface area contributed by atoms with Gasteiger partial charge < -0.3 is 10.1 Å². The van der Waals surface area contributed by atoms with Crippen LogP contribution in [0.1, 0.15) is 24.0 Å². The number of nitrogens with one attached hydrogen (secondary N) is 2. The number of amides is 1. The summed E-state index contributed by atoms with van der Waals surface area (Å²) >= 11 is 0. The van der Waals surface area contributed by atoms with Crippen molar-refractivity contribution in [1.82, 2.24) is 15.4 Å². The molecular formula is C20H21FN4O3. The highest BCUT2D eigenvalue weighted by Gasteiger charge is 2.12. The van der Waals surface area contributed by atoms with Crippen molar-refractivity contribution >= 4 is 28.3 Å². The molecule has 0 spiro atoms. The van der Waals surface area contributed by atoms with Gasteiger partial charge in [0.25, 0.3) is 0 Å². The lowest BCUT2D eigenvalue weighted by atomic mass is 10.0. The summed E-state index contributed by atoms with van der Waals surface area (Å²) in [5, 5.41) is 12.6. The lowest BCUT2D eigenvalue weighted by molar-refractivity contribution is -0.129. The smallest absolute Gasteiger partial charge is 0.243 e. The largest absolute Gasteiger partial charge is 0.496 e. The molecule has 0 aliphatic heterocycles. The van der Waals surface area contributed by atoms with Crippen LogP contribution in [0.5, 0.6) is 5.75 Å². The SMILES string of the molecule is COc1cc2ncnc(Nc3ccc(F)c(C)c3)c2cc1CCCC(=O)NO. The minimum Gasteiger partial charge on any atom is -0.496 e. The lowest BCUT2D eigenvalue weighted by Gasteiger charge is -2.13. The summed E-state index contributed by atoms with van der Waals surface area (Å²) in [7, 11) is 1.58. The third-order valence-corrected chi connectivity index (χ3v) is 4.43. The average Bonchev–Trinajstić information content (AvgIpc) is 2.70. The van der Waals surface area contributed by atoms with Gasteiger partial charge in [0, 0.05) is 23.6 Å². The van der Waals surface area contributed by atoms with Crippen molar-refractivity contribution in [3.63, 3.8) is 0 Å². The highest BCUT2D eigenvalue weighted by Crippen LogP contribution is 2.31. The van der Waals surface area contributed by atoms with Gasteiger partial charge in [-0.25, -0.2) is 19.8 Å². The van der Waals surface area contributed by atoms with Gasteiger partial charge in [0.2, 0.25) is 5.91 Å². The van der Waals surface area contributed by atoms with E-state index in [1.807, 2.05) is 12.1 Å². The molecule has 2 aromatic carbocycles. The summed E-state index contributed by atoms with van der Waals surface area (Å²) < 4.78 is 19.0. The third-order valence-electron chi connectivity index (χ3n) is 4.43. The van der Waals surface area contributed by atoms with E-state index in [0.717, 1.165) is 16.6 Å². The van der Waals surface area contributed by atoms with Crippen molar-refractivity contribution in [2.45, 2.75) is 26.2 Å². The van der Waals surface area contributed by atoms with Gasteiger partial charge in [0.05, 0.1) is 12.6 Å². The number of carbonyl (C=O) groups is 1. The first-order valence-electron chi connectivity index (χ1n) is 8.79. The van der Waals surface area contributed by atoms with Crippen LogP contribution >= 0.6 is 0 Å². The fourth-order valence-corrected chi connectivity index (χ4v) is 2.97. The lowest BCUT2D eigenvalue weighted by Crippen LogP contribution is -2.18. The van der Waals surface area contributed by atoms with E-state index in [4.69, 9.17) is 9.94 Å². The Morgan fingerprint density at radius 3 is 2.79 bits per heavy atom. The zero-order chi connectivity index (χ0) is 20.1. The topological polar surface area (TPSA) is 96.4 Å². The number of ether oxygens (including phenoxy) is 1. The first-order chi connectivity index (χ1) is 13.5. The van der Waals surface area contributed by atoms with Gasteiger partial charge in [-0.3, -0.25) is 10.0 Å². The van der Waals surface area contributed by atoms with Crippen molar-refractivity contribution in [3.05, 3.63) is 53.6 Å². The van der Waals surface area contributed by atoms with Crippen LogP contribution in [-0.4, -0.2) is 28.2 Å². The number of fused-ring (bicyclic) bond motifs is 1. The Hall–Kier alpha value is -3.26. The van der Waals surface area contributed by atoms with Crippen molar-refractivity contribution < 1.29 is 19.1 Å². The molecule has 0 unspecified atom stereocenters. The number of nitrogens with zero attached hydrogens (tertiary/aromatic N) is 2. The predicted octanol–water partition coefficient (Wildman–Crippen LogP) is 3.66. The van der Waals surface area contributed by atoms with Crippen LogP contribution in [0.25, 0.3) is 10.9 Å². The number of hydroxylamine groups is 1. The van der Waals surface area contributed by atoms with Crippen LogP contribution in [0.2, 0.25) is 0 Å². The zero-order valence-corrected chi connectivity index (χ0v) is 15.6. The van der Waals surface area contributed by atoms with E-state index < -0.39 is 5.91 Å². The quantitative estimate of drug-likeness (QED) is 0.425. The number of methoxy groups -OCH3 is 1. The Morgan fingerprint density at radius 1 is 1.25 bits per heavy atom. The van der Waals surface area contributed by atoms with E-state index in [2.05, 4.69) is 15.3 Å². The number of benzene rings is 2. The molecule has 0 bridgehead atoms. The standard InChI is InChI=1S/C20H21FN4O3/c1-12-8-14(6-7-16(12)21)24-20-15-9-13(4-3-5-19(26)25-27)18(28-2)10-17(15)22-11-23-20/h6-11,27H,3-5H2,1-2H3,(H,25,26)(H,22,23,24). The summed E-state index contributed by atoms with van der Waals surface area (Å²) in [6.07, 6.45) is 2.77. The Bertz CT molecular complexity index is 1010. The van der Waals surface area contributed by atoms with Gasteiger partial charge in [0.15, 0.2) is 0 Å². The Balaban J connectivity index is 1.93. The summed E-state index contributed by atoms with van der Waals surface area (Å²) in [5.41, 5.74) is 4.48. The molecule has 1 amide bonds. The van der Waals surface area contributed by atoms with Gasteiger partial charge >= 0.3 is 0 Å². The molecule has 3 N–H and O–H groups in total. The van der Waals surface area contributed by atoms with Crippen LogP contribution in [0, 0.1) is 12.7 Å². The molecule has 3 aromatic rings. The summed E-state index contributed by atoms with van der Waals surface area (Å²) in [4.78, 5) is 19.8. The van der Waals surface area contributed by atoms with E-state index in [-0.39, 0.29) is 12.2 Å². The predicted molar refractivity (Wildman–Crippen MR) is 103 cm³/mol. The number of rotatable bonds is 7. The van der Waals surface area contributed by atoms with Gasteiger partial charge in [-0.05, 0) is 55.2 Å². The monoisotopic (exact) mass is 384 g/mol. The van der Waals surface area contributed by atoms with Crippen LogP contribution in [0.15, 0.2) is 36.7 Å². The number of anilines is 2. The molecule has 0 saturated carbocycles. The van der Waals surface area contributed by atoms with Crippen molar-refractivity contribution in [1.29, 1.82) is 0 Å². The summed E-state index contributed by atoms with van der Waals surface area (Å²) in [6.45, 7) is 1.70. The molecule has 0 atom stereocenters. The second-order valence-corrected chi connectivity index (χ2v) is 6.38. The van der Waals surface area contributed by atoms with Crippen LogP contribution in [-0.2, 0) is 11.2 Å². The van der Waals surface area contributed by atoms with Gasteiger partial charge in [-0.15, -0.1) is 0 Å². The second-order valence-electron chi connectivity index (χ2n) is 6.38. The number of aryl methyl sites for hydroxylation is 2.